The van der Waals surface area contributed by atoms with Crippen LogP contribution in [0.1, 0.15) is 45.4 Å². The predicted molar refractivity (Wildman–Crippen MR) is 75.7 cm³/mol. The molecule has 2 fully saturated rings. The number of rotatable bonds is 6. The first-order valence-corrected chi connectivity index (χ1v) is 8.34. The van der Waals surface area contributed by atoms with E-state index in [2.05, 4.69) is 31.1 Å². The minimum Gasteiger partial charge on any atom is -0.375 e. The molecule has 2 rings (SSSR count). The maximum atomic E-state index is 6.02. The molecular weight excluding hydrogens is 230 g/mol. The minimum atomic E-state index is 0.299. The summed E-state index contributed by atoms with van der Waals surface area (Å²) in [7, 11) is 2.13. The van der Waals surface area contributed by atoms with Crippen molar-refractivity contribution in [3.8, 4) is 0 Å². The number of ether oxygens (including phenoxy) is 1. The summed E-state index contributed by atoms with van der Waals surface area (Å²) in [4.78, 5) is 0. The van der Waals surface area contributed by atoms with E-state index in [4.69, 9.17) is 4.74 Å². The summed E-state index contributed by atoms with van der Waals surface area (Å²) in [5.74, 6) is 3.40. The molecule has 1 heterocycles. The third-order valence-corrected chi connectivity index (χ3v) is 5.67. The fourth-order valence-electron chi connectivity index (χ4n) is 3.14. The van der Waals surface area contributed by atoms with Crippen molar-refractivity contribution in [3.63, 3.8) is 0 Å². The monoisotopic (exact) mass is 257 g/mol. The molecular formula is C14H27NOS. The van der Waals surface area contributed by atoms with Crippen molar-refractivity contribution in [2.45, 2.75) is 57.1 Å². The normalized spacial score (nSPS) is 28.9. The summed E-state index contributed by atoms with van der Waals surface area (Å²) in [6.45, 7) is 3.25. The van der Waals surface area contributed by atoms with Crippen LogP contribution in [0.25, 0.3) is 0 Å². The molecule has 0 aromatic rings. The molecule has 2 aliphatic rings. The van der Waals surface area contributed by atoms with Crippen molar-refractivity contribution < 1.29 is 4.74 Å². The van der Waals surface area contributed by atoms with Gasteiger partial charge in [0.05, 0.1) is 5.60 Å². The molecule has 0 radical (unpaired) electrons. The standard InChI is InChI=1S/C14H27NOS/c1-3-9-17-11-13(15-2)12-5-8-16-14(10-12)6-4-7-14/h12-13,15H,3-11H2,1-2H3. The van der Waals surface area contributed by atoms with E-state index in [0.717, 1.165) is 12.5 Å². The zero-order valence-corrected chi connectivity index (χ0v) is 12.2. The number of hydrogen-bond donors (Lipinski definition) is 1. The molecule has 3 heteroatoms. The van der Waals surface area contributed by atoms with Crippen molar-refractivity contribution in [2.75, 3.05) is 25.2 Å². The van der Waals surface area contributed by atoms with Crippen LogP contribution in [0.4, 0.5) is 0 Å². The molecule has 100 valence electrons. The molecule has 2 unspecified atom stereocenters. The molecule has 1 saturated heterocycles. The van der Waals surface area contributed by atoms with Gasteiger partial charge in [-0.3, -0.25) is 0 Å². The Hall–Kier alpha value is 0.270. The van der Waals surface area contributed by atoms with Gasteiger partial charge in [-0.15, -0.1) is 0 Å². The largest absolute Gasteiger partial charge is 0.375 e. The van der Waals surface area contributed by atoms with E-state index >= 15 is 0 Å². The Bertz CT molecular complexity index is 230. The Balaban J connectivity index is 1.81. The van der Waals surface area contributed by atoms with Crippen LogP contribution in [-0.2, 0) is 4.74 Å². The van der Waals surface area contributed by atoms with Crippen molar-refractivity contribution >= 4 is 11.8 Å². The average Bonchev–Trinajstić information content (AvgIpc) is 2.33. The van der Waals surface area contributed by atoms with Gasteiger partial charge in [-0.1, -0.05) is 6.92 Å². The van der Waals surface area contributed by atoms with Gasteiger partial charge in [0.2, 0.25) is 0 Å². The molecule has 0 amide bonds. The van der Waals surface area contributed by atoms with Crippen LogP contribution < -0.4 is 5.32 Å². The van der Waals surface area contributed by atoms with E-state index in [1.807, 2.05) is 0 Å². The molecule has 1 saturated carbocycles. The molecule has 1 aliphatic carbocycles. The lowest BCUT2D eigenvalue weighted by Crippen LogP contribution is -2.50. The zero-order valence-electron chi connectivity index (χ0n) is 11.3. The smallest absolute Gasteiger partial charge is 0.0685 e. The Labute approximate surface area is 110 Å². The SMILES string of the molecule is CCCSCC(NC)C1CCOC2(CCC2)C1. The second-order valence-electron chi connectivity index (χ2n) is 5.61. The molecule has 2 atom stereocenters. The van der Waals surface area contributed by atoms with Crippen LogP contribution in [0.5, 0.6) is 0 Å². The summed E-state index contributed by atoms with van der Waals surface area (Å²) < 4.78 is 6.02. The third-order valence-electron chi connectivity index (χ3n) is 4.38. The van der Waals surface area contributed by atoms with Gasteiger partial charge in [0.25, 0.3) is 0 Å². The highest BCUT2D eigenvalue weighted by Crippen LogP contribution is 2.45. The molecule has 0 aromatic carbocycles. The molecule has 2 nitrogen and oxygen atoms in total. The van der Waals surface area contributed by atoms with Crippen LogP contribution in [0.15, 0.2) is 0 Å². The van der Waals surface area contributed by atoms with E-state index in [9.17, 15) is 0 Å². The van der Waals surface area contributed by atoms with Crippen molar-refractivity contribution in [1.29, 1.82) is 0 Å². The van der Waals surface area contributed by atoms with Gasteiger partial charge in [0.15, 0.2) is 0 Å². The third kappa shape index (κ3) is 3.39. The Morgan fingerprint density at radius 1 is 1.47 bits per heavy atom. The first-order valence-electron chi connectivity index (χ1n) is 7.18. The molecule has 1 aliphatic heterocycles. The van der Waals surface area contributed by atoms with Crippen LogP contribution in [-0.4, -0.2) is 36.8 Å². The van der Waals surface area contributed by atoms with Gasteiger partial charge in [0, 0.05) is 18.4 Å². The minimum absolute atomic E-state index is 0.299. The highest BCUT2D eigenvalue weighted by Gasteiger charge is 2.43. The van der Waals surface area contributed by atoms with E-state index in [1.54, 1.807) is 0 Å². The summed E-state index contributed by atoms with van der Waals surface area (Å²) >= 11 is 2.10. The van der Waals surface area contributed by atoms with Crippen LogP contribution in [0, 0.1) is 5.92 Å². The van der Waals surface area contributed by atoms with E-state index in [1.165, 1.54) is 50.0 Å². The summed E-state index contributed by atoms with van der Waals surface area (Å²) in [6, 6.07) is 0.688. The lowest BCUT2D eigenvalue weighted by atomic mass is 9.70. The van der Waals surface area contributed by atoms with E-state index in [-0.39, 0.29) is 0 Å². The zero-order chi connectivity index (χ0) is 12.1. The highest BCUT2D eigenvalue weighted by molar-refractivity contribution is 7.99. The van der Waals surface area contributed by atoms with Gasteiger partial charge in [-0.25, -0.2) is 0 Å². The van der Waals surface area contributed by atoms with E-state index < -0.39 is 0 Å². The van der Waals surface area contributed by atoms with E-state index in [0.29, 0.717) is 11.6 Å². The lowest BCUT2D eigenvalue weighted by Gasteiger charge is -2.48. The van der Waals surface area contributed by atoms with Gasteiger partial charge in [-0.2, -0.15) is 11.8 Å². The molecule has 0 bridgehead atoms. The molecule has 1 N–H and O–H groups in total. The first kappa shape index (κ1) is 13.7. The fourth-order valence-corrected chi connectivity index (χ4v) is 4.29. The van der Waals surface area contributed by atoms with Crippen LogP contribution in [0.3, 0.4) is 0 Å². The second-order valence-corrected chi connectivity index (χ2v) is 6.76. The molecule has 0 aromatic heterocycles. The summed E-state index contributed by atoms with van der Waals surface area (Å²) in [5.41, 5.74) is 0.299. The number of hydrogen-bond acceptors (Lipinski definition) is 3. The molecule has 1 spiro atoms. The van der Waals surface area contributed by atoms with Crippen LogP contribution >= 0.6 is 11.8 Å². The van der Waals surface area contributed by atoms with Crippen LogP contribution in [0.2, 0.25) is 0 Å². The van der Waals surface area contributed by atoms with Gasteiger partial charge in [0.1, 0.15) is 0 Å². The van der Waals surface area contributed by atoms with Gasteiger partial charge >= 0.3 is 0 Å². The first-order chi connectivity index (χ1) is 8.29. The highest BCUT2D eigenvalue weighted by atomic mass is 32.2. The molecule has 17 heavy (non-hydrogen) atoms. The Morgan fingerprint density at radius 3 is 2.88 bits per heavy atom. The van der Waals surface area contributed by atoms with Crippen molar-refractivity contribution in [3.05, 3.63) is 0 Å². The summed E-state index contributed by atoms with van der Waals surface area (Å²) in [6.07, 6.45) is 7.83. The fraction of sp³-hybridized carbons (Fsp3) is 1.00. The Morgan fingerprint density at radius 2 is 2.29 bits per heavy atom. The predicted octanol–water partition coefficient (Wildman–Crippen LogP) is 3.07. The number of thioether (sulfide) groups is 1. The average molecular weight is 257 g/mol. The van der Waals surface area contributed by atoms with Crippen molar-refractivity contribution in [1.82, 2.24) is 5.32 Å². The topological polar surface area (TPSA) is 21.3 Å². The van der Waals surface area contributed by atoms with Crippen molar-refractivity contribution in [2.24, 2.45) is 5.92 Å². The summed E-state index contributed by atoms with van der Waals surface area (Å²) in [5, 5.41) is 3.54. The van der Waals surface area contributed by atoms with Gasteiger partial charge in [-0.05, 0) is 57.2 Å². The number of nitrogens with one attached hydrogen (secondary N) is 1. The van der Waals surface area contributed by atoms with Gasteiger partial charge < -0.3 is 10.1 Å². The maximum absolute atomic E-state index is 6.02. The quantitative estimate of drug-likeness (QED) is 0.739. The Kier molecular flexibility index (Phi) is 5.19. The lowest BCUT2D eigenvalue weighted by molar-refractivity contribution is -0.146. The second kappa shape index (κ2) is 6.44. The maximum Gasteiger partial charge on any atom is 0.0685 e.